The van der Waals surface area contributed by atoms with E-state index in [0.29, 0.717) is 0 Å². The fourth-order valence-corrected chi connectivity index (χ4v) is 2.29. The van der Waals surface area contributed by atoms with Crippen LogP contribution in [0, 0.1) is 13.8 Å². The fraction of sp³-hybridized carbons (Fsp3) is 0.143. The zero-order valence-electron chi connectivity index (χ0n) is 8.46. The van der Waals surface area contributed by atoms with E-state index in [9.17, 15) is 0 Å². The SMILES string of the molecule is Cc1cc2c3c(ccc(C)c3c1)C=C2. The Labute approximate surface area is 83.9 Å². The molecule has 0 fully saturated rings. The van der Waals surface area contributed by atoms with E-state index >= 15 is 0 Å². The van der Waals surface area contributed by atoms with Crippen LogP contribution in [0.1, 0.15) is 22.3 Å². The zero-order valence-corrected chi connectivity index (χ0v) is 8.46. The van der Waals surface area contributed by atoms with Gasteiger partial charge >= 0.3 is 0 Å². The summed E-state index contributed by atoms with van der Waals surface area (Å²) in [5.41, 5.74) is 5.45. The molecule has 2 aromatic rings. The standard InChI is InChI=1S/C14H12/c1-9-7-12-6-5-11-4-3-10(2)13(8-9)14(11)12/h3-8H,1-2H3. The minimum absolute atomic E-state index is 1.35. The van der Waals surface area contributed by atoms with E-state index in [2.05, 4.69) is 50.3 Å². The molecule has 0 aliphatic heterocycles. The molecule has 0 amide bonds. The maximum atomic E-state index is 2.28. The van der Waals surface area contributed by atoms with Crippen molar-refractivity contribution in [2.75, 3.05) is 0 Å². The molecule has 0 bridgehead atoms. The summed E-state index contributed by atoms with van der Waals surface area (Å²) in [5, 5.41) is 2.83. The highest BCUT2D eigenvalue weighted by atomic mass is 14.1. The lowest BCUT2D eigenvalue weighted by molar-refractivity contribution is 1.46. The van der Waals surface area contributed by atoms with E-state index in [1.165, 1.54) is 33.0 Å². The smallest absolute Gasteiger partial charge is 0.00360 e. The van der Waals surface area contributed by atoms with E-state index in [1.807, 2.05) is 0 Å². The van der Waals surface area contributed by atoms with Crippen molar-refractivity contribution in [3.63, 3.8) is 0 Å². The summed E-state index contributed by atoms with van der Waals surface area (Å²) in [5.74, 6) is 0. The lowest BCUT2D eigenvalue weighted by atomic mass is 9.98. The fourth-order valence-electron chi connectivity index (χ4n) is 2.29. The minimum atomic E-state index is 1.35. The highest BCUT2D eigenvalue weighted by molar-refractivity contribution is 6.06. The Hall–Kier alpha value is -1.56. The van der Waals surface area contributed by atoms with Crippen LogP contribution < -0.4 is 0 Å². The Balaban J connectivity index is 2.60. The van der Waals surface area contributed by atoms with Crippen molar-refractivity contribution >= 4 is 22.9 Å². The van der Waals surface area contributed by atoms with Gasteiger partial charge in [0, 0.05) is 0 Å². The second-order valence-electron chi connectivity index (χ2n) is 4.08. The van der Waals surface area contributed by atoms with Gasteiger partial charge in [-0.25, -0.2) is 0 Å². The van der Waals surface area contributed by atoms with E-state index in [1.54, 1.807) is 0 Å². The molecule has 0 spiro atoms. The van der Waals surface area contributed by atoms with E-state index < -0.39 is 0 Å². The molecular weight excluding hydrogens is 168 g/mol. The maximum Gasteiger partial charge on any atom is -0.00360 e. The molecule has 0 saturated carbocycles. The van der Waals surface area contributed by atoms with Gasteiger partial charge in [-0.1, -0.05) is 36.4 Å². The van der Waals surface area contributed by atoms with Crippen LogP contribution in [0.25, 0.3) is 22.9 Å². The largest absolute Gasteiger partial charge is 0.0581 e. The molecule has 0 radical (unpaired) electrons. The Morgan fingerprint density at radius 3 is 2.50 bits per heavy atom. The predicted molar refractivity (Wildman–Crippen MR) is 62.4 cm³/mol. The highest BCUT2D eigenvalue weighted by Gasteiger charge is 2.10. The van der Waals surface area contributed by atoms with Crippen LogP contribution in [0.4, 0.5) is 0 Å². The van der Waals surface area contributed by atoms with Crippen LogP contribution in [-0.2, 0) is 0 Å². The van der Waals surface area contributed by atoms with Crippen molar-refractivity contribution in [3.05, 3.63) is 46.5 Å². The summed E-state index contributed by atoms with van der Waals surface area (Å²) >= 11 is 0. The first kappa shape index (κ1) is 7.81. The van der Waals surface area contributed by atoms with Crippen LogP contribution >= 0.6 is 0 Å². The minimum Gasteiger partial charge on any atom is -0.0581 e. The normalized spacial score (nSPS) is 12.7. The molecule has 0 atom stereocenters. The Kier molecular flexibility index (Phi) is 1.38. The van der Waals surface area contributed by atoms with Crippen LogP contribution in [0.15, 0.2) is 24.3 Å². The molecule has 14 heavy (non-hydrogen) atoms. The van der Waals surface area contributed by atoms with E-state index in [4.69, 9.17) is 0 Å². The first-order valence-electron chi connectivity index (χ1n) is 4.98. The summed E-state index contributed by atoms with van der Waals surface area (Å²) in [4.78, 5) is 0. The maximum absolute atomic E-state index is 2.28. The molecule has 68 valence electrons. The predicted octanol–water partition coefficient (Wildman–Crippen LogP) is 3.94. The van der Waals surface area contributed by atoms with Crippen LogP contribution in [0.3, 0.4) is 0 Å². The molecule has 3 rings (SSSR count). The van der Waals surface area contributed by atoms with Gasteiger partial charge in [0.25, 0.3) is 0 Å². The van der Waals surface area contributed by atoms with Gasteiger partial charge in [-0.2, -0.15) is 0 Å². The van der Waals surface area contributed by atoms with Gasteiger partial charge in [0.1, 0.15) is 0 Å². The monoisotopic (exact) mass is 180 g/mol. The molecule has 0 aromatic heterocycles. The third kappa shape index (κ3) is 0.884. The molecular formula is C14H12. The van der Waals surface area contributed by atoms with Crippen molar-refractivity contribution < 1.29 is 0 Å². The first-order chi connectivity index (χ1) is 6.75. The number of benzene rings is 2. The van der Waals surface area contributed by atoms with Crippen LogP contribution in [-0.4, -0.2) is 0 Å². The van der Waals surface area contributed by atoms with Gasteiger partial charge in [0.2, 0.25) is 0 Å². The summed E-state index contributed by atoms with van der Waals surface area (Å²) in [7, 11) is 0. The Morgan fingerprint density at radius 2 is 1.64 bits per heavy atom. The third-order valence-electron chi connectivity index (χ3n) is 2.98. The van der Waals surface area contributed by atoms with Crippen molar-refractivity contribution in [3.8, 4) is 0 Å². The summed E-state index contributed by atoms with van der Waals surface area (Å²) in [6.45, 7) is 4.34. The zero-order chi connectivity index (χ0) is 9.71. The number of rotatable bonds is 0. The lowest BCUT2D eigenvalue weighted by Gasteiger charge is -2.06. The molecule has 0 heteroatoms. The second kappa shape index (κ2) is 2.48. The average molecular weight is 180 g/mol. The molecule has 0 nitrogen and oxygen atoms in total. The summed E-state index contributed by atoms with van der Waals surface area (Å²) in [6, 6.07) is 8.95. The summed E-state index contributed by atoms with van der Waals surface area (Å²) < 4.78 is 0. The lowest BCUT2D eigenvalue weighted by Crippen LogP contribution is -1.84. The second-order valence-corrected chi connectivity index (χ2v) is 4.08. The van der Waals surface area contributed by atoms with Crippen molar-refractivity contribution in [1.82, 2.24) is 0 Å². The van der Waals surface area contributed by atoms with E-state index in [-0.39, 0.29) is 0 Å². The average Bonchev–Trinajstić information content (AvgIpc) is 2.55. The molecule has 0 saturated heterocycles. The Bertz CT molecular complexity index is 560. The quantitative estimate of drug-likeness (QED) is 0.491. The highest BCUT2D eigenvalue weighted by Crippen LogP contribution is 2.33. The van der Waals surface area contributed by atoms with Gasteiger partial charge in [-0.3, -0.25) is 0 Å². The number of aryl methyl sites for hydroxylation is 2. The van der Waals surface area contributed by atoms with E-state index in [0.717, 1.165) is 0 Å². The van der Waals surface area contributed by atoms with Crippen molar-refractivity contribution in [2.45, 2.75) is 13.8 Å². The first-order valence-corrected chi connectivity index (χ1v) is 4.98. The summed E-state index contributed by atoms with van der Waals surface area (Å²) in [6.07, 6.45) is 4.42. The van der Waals surface area contributed by atoms with Crippen LogP contribution in [0.5, 0.6) is 0 Å². The molecule has 1 aliphatic rings. The van der Waals surface area contributed by atoms with Crippen molar-refractivity contribution in [2.24, 2.45) is 0 Å². The molecule has 2 aromatic carbocycles. The van der Waals surface area contributed by atoms with Gasteiger partial charge in [0.15, 0.2) is 0 Å². The van der Waals surface area contributed by atoms with Gasteiger partial charge in [-0.05, 0) is 46.9 Å². The molecule has 0 unspecified atom stereocenters. The number of hydrogen-bond acceptors (Lipinski definition) is 0. The third-order valence-corrected chi connectivity index (χ3v) is 2.98. The Morgan fingerprint density at radius 1 is 0.857 bits per heavy atom. The van der Waals surface area contributed by atoms with Gasteiger partial charge in [0.05, 0.1) is 0 Å². The van der Waals surface area contributed by atoms with Gasteiger partial charge < -0.3 is 0 Å². The van der Waals surface area contributed by atoms with Crippen LogP contribution in [0.2, 0.25) is 0 Å². The van der Waals surface area contributed by atoms with Gasteiger partial charge in [-0.15, -0.1) is 0 Å². The molecule has 1 aliphatic carbocycles. The number of hydrogen-bond donors (Lipinski definition) is 0. The topological polar surface area (TPSA) is 0 Å². The molecule has 0 N–H and O–H groups in total. The van der Waals surface area contributed by atoms with Crippen molar-refractivity contribution in [1.29, 1.82) is 0 Å². The molecule has 0 heterocycles.